The lowest BCUT2D eigenvalue weighted by atomic mass is 9.75. The summed E-state index contributed by atoms with van der Waals surface area (Å²) in [7, 11) is 1.61. The van der Waals surface area contributed by atoms with Gasteiger partial charge in [-0.15, -0.1) is 0 Å². The third-order valence-electron chi connectivity index (χ3n) is 5.10. The van der Waals surface area contributed by atoms with Crippen LogP contribution >= 0.6 is 0 Å². The van der Waals surface area contributed by atoms with E-state index in [4.69, 9.17) is 18.9 Å². The zero-order chi connectivity index (χ0) is 17.5. The summed E-state index contributed by atoms with van der Waals surface area (Å²) in [5.41, 5.74) is 0.656. The van der Waals surface area contributed by atoms with E-state index < -0.39 is 0 Å². The monoisotopic (exact) mass is 349 g/mol. The minimum atomic E-state index is -0.131. The first kappa shape index (κ1) is 18.2. The summed E-state index contributed by atoms with van der Waals surface area (Å²) >= 11 is 0. The number of nitrogens with one attached hydrogen (secondary N) is 1. The lowest BCUT2D eigenvalue weighted by molar-refractivity contribution is -0.168. The molecule has 0 aliphatic carbocycles. The van der Waals surface area contributed by atoms with Crippen molar-refractivity contribution in [1.82, 2.24) is 5.32 Å². The van der Waals surface area contributed by atoms with Gasteiger partial charge in [0.15, 0.2) is 6.29 Å². The molecule has 1 N–H and O–H groups in total. The highest BCUT2D eigenvalue weighted by molar-refractivity contribution is 5.94. The average Bonchev–Trinajstić information content (AvgIpc) is 3.21. The third-order valence-corrected chi connectivity index (χ3v) is 5.10. The van der Waals surface area contributed by atoms with Crippen molar-refractivity contribution in [3.63, 3.8) is 0 Å². The van der Waals surface area contributed by atoms with Crippen molar-refractivity contribution in [1.29, 1.82) is 0 Å². The molecule has 1 aromatic carbocycles. The van der Waals surface area contributed by atoms with E-state index >= 15 is 0 Å². The number of carbonyl (C=O) groups excluding carboxylic acids is 1. The highest BCUT2D eigenvalue weighted by Crippen LogP contribution is 2.42. The number of benzene rings is 1. The molecule has 0 bridgehead atoms. The lowest BCUT2D eigenvalue weighted by Crippen LogP contribution is -2.41. The smallest absolute Gasteiger partial charge is 0.251 e. The molecular formula is C19H27NO5. The van der Waals surface area contributed by atoms with E-state index in [2.05, 4.69) is 5.32 Å². The predicted molar refractivity (Wildman–Crippen MR) is 92.7 cm³/mol. The van der Waals surface area contributed by atoms with E-state index in [1.807, 2.05) is 0 Å². The summed E-state index contributed by atoms with van der Waals surface area (Å²) in [5, 5.41) is 2.99. The van der Waals surface area contributed by atoms with Crippen LogP contribution in [0.4, 0.5) is 0 Å². The van der Waals surface area contributed by atoms with E-state index in [0.29, 0.717) is 25.3 Å². The Hall–Kier alpha value is -1.63. The zero-order valence-corrected chi connectivity index (χ0v) is 14.8. The molecule has 138 valence electrons. The van der Waals surface area contributed by atoms with E-state index in [-0.39, 0.29) is 17.6 Å². The minimum Gasteiger partial charge on any atom is -0.497 e. The van der Waals surface area contributed by atoms with Gasteiger partial charge >= 0.3 is 0 Å². The second-order valence-corrected chi connectivity index (χ2v) is 6.64. The van der Waals surface area contributed by atoms with Crippen LogP contribution in [0.5, 0.6) is 5.75 Å². The van der Waals surface area contributed by atoms with Crippen LogP contribution in [0.1, 0.15) is 36.0 Å². The minimum absolute atomic E-state index is 0.0135. The first-order chi connectivity index (χ1) is 12.2. The first-order valence-corrected chi connectivity index (χ1v) is 8.97. The van der Waals surface area contributed by atoms with Gasteiger partial charge in [0.1, 0.15) is 5.75 Å². The van der Waals surface area contributed by atoms with Crippen LogP contribution < -0.4 is 10.1 Å². The van der Waals surface area contributed by atoms with Crippen LogP contribution in [0, 0.1) is 5.41 Å². The fourth-order valence-corrected chi connectivity index (χ4v) is 3.58. The number of hydrogen-bond donors (Lipinski definition) is 1. The number of ether oxygens (including phenoxy) is 4. The van der Waals surface area contributed by atoms with Gasteiger partial charge in [0, 0.05) is 30.7 Å². The van der Waals surface area contributed by atoms with Crippen LogP contribution in [0.15, 0.2) is 24.3 Å². The molecule has 6 nitrogen and oxygen atoms in total. The molecule has 3 rings (SSSR count). The van der Waals surface area contributed by atoms with Gasteiger partial charge in [0.05, 0.1) is 20.3 Å². The van der Waals surface area contributed by atoms with Crippen molar-refractivity contribution in [3.8, 4) is 5.75 Å². The molecule has 0 atom stereocenters. The van der Waals surface area contributed by atoms with Gasteiger partial charge in [-0.05, 0) is 49.9 Å². The van der Waals surface area contributed by atoms with Gasteiger partial charge in [-0.2, -0.15) is 0 Å². The summed E-state index contributed by atoms with van der Waals surface area (Å²) < 4.78 is 22.2. The molecule has 1 amide bonds. The maximum atomic E-state index is 12.2. The second kappa shape index (κ2) is 8.65. The number of rotatable bonds is 7. The van der Waals surface area contributed by atoms with Gasteiger partial charge in [-0.1, -0.05) is 0 Å². The second-order valence-electron chi connectivity index (χ2n) is 6.64. The molecule has 0 radical (unpaired) electrons. The van der Waals surface area contributed by atoms with Crippen molar-refractivity contribution in [2.24, 2.45) is 5.41 Å². The summed E-state index contributed by atoms with van der Waals surface area (Å²) in [4.78, 5) is 12.2. The Bertz CT molecular complexity index is 547. The molecule has 0 aromatic heterocycles. The van der Waals surface area contributed by atoms with Crippen molar-refractivity contribution >= 4 is 5.91 Å². The molecule has 2 aliphatic rings. The maximum Gasteiger partial charge on any atom is 0.251 e. The molecule has 1 aromatic rings. The Morgan fingerprint density at radius 3 is 2.48 bits per heavy atom. The summed E-state index contributed by atoms with van der Waals surface area (Å²) in [6.07, 6.45) is 3.62. The summed E-state index contributed by atoms with van der Waals surface area (Å²) in [5.74, 6) is 0.687. The average molecular weight is 349 g/mol. The third kappa shape index (κ3) is 4.51. The van der Waals surface area contributed by atoms with Crippen LogP contribution in [0.2, 0.25) is 0 Å². The molecule has 2 heterocycles. The molecule has 2 fully saturated rings. The molecule has 0 saturated carbocycles. The molecule has 2 saturated heterocycles. The number of carbonyl (C=O) groups is 1. The van der Waals surface area contributed by atoms with Crippen LogP contribution in [0.3, 0.4) is 0 Å². The molecule has 0 unspecified atom stereocenters. The van der Waals surface area contributed by atoms with Crippen molar-refractivity contribution in [3.05, 3.63) is 29.8 Å². The topological polar surface area (TPSA) is 66.0 Å². The first-order valence-electron chi connectivity index (χ1n) is 8.97. The van der Waals surface area contributed by atoms with Crippen LogP contribution in [0.25, 0.3) is 0 Å². The Morgan fingerprint density at radius 1 is 1.16 bits per heavy atom. The Kier molecular flexibility index (Phi) is 6.29. The van der Waals surface area contributed by atoms with Crippen LogP contribution in [-0.4, -0.2) is 52.3 Å². The van der Waals surface area contributed by atoms with Crippen molar-refractivity contribution in [2.45, 2.75) is 32.0 Å². The normalized spacial score (nSPS) is 20.4. The predicted octanol–water partition coefficient (Wildman–Crippen LogP) is 2.37. The molecule has 25 heavy (non-hydrogen) atoms. The highest BCUT2D eigenvalue weighted by atomic mass is 16.7. The van der Waals surface area contributed by atoms with E-state index in [9.17, 15) is 4.79 Å². The standard InChI is InChI=1S/C19H27NO5/c1-22-16-5-3-15(4-6-16)17(21)20-10-2-7-19(8-11-23-12-9-19)18-24-13-14-25-18/h3-6,18H,2,7-14H2,1H3,(H,20,21). The largest absolute Gasteiger partial charge is 0.497 e. The van der Waals surface area contributed by atoms with Crippen molar-refractivity contribution in [2.75, 3.05) is 40.1 Å². The number of amides is 1. The number of hydrogen-bond acceptors (Lipinski definition) is 5. The maximum absolute atomic E-state index is 12.2. The quantitative estimate of drug-likeness (QED) is 0.766. The van der Waals surface area contributed by atoms with E-state index in [1.54, 1.807) is 31.4 Å². The van der Waals surface area contributed by atoms with Gasteiger partial charge in [-0.3, -0.25) is 4.79 Å². The SMILES string of the molecule is COc1ccc(C(=O)NCCCC2(C3OCCO3)CCOCC2)cc1. The fourth-order valence-electron chi connectivity index (χ4n) is 3.58. The molecule has 2 aliphatic heterocycles. The lowest BCUT2D eigenvalue weighted by Gasteiger charge is -2.40. The van der Waals surface area contributed by atoms with E-state index in [1.165, 1.54) is 0 Å². The Balaban J connectivity index is 1.47. The van der Waals surface area contributed by atoms with Crippen LogP contribution in [-0.2, 0) is 14.2 Å². The Morgan fingerprint density at radius 2 is 1.84 bits per heavy atom. The summed E-state index contributed by atoms with van der Waals surface area (Å²) in [6, 6.07) is 7.13. The molecule has 6 heteroatoms. The molecular weight excluding hydrogens is 322 g/mol. The van der Waals surface area contributed by atoms with Gasteiger partial charge in [0.2, 0.25) is 0 Å². The zero-order valence-electron chi connectivity index (χ0n) is 14.8. The van der Waals surface area contributed by atoms with Gasteiger partial charge in [-0.25, -0.2) is 0 Å². The summed E-state index contributed by atoms with van der Waals surface area (Å²) in [6.45, 7) is 3.48. The Labute approximate surface area is 148 Å². The van der Waals surface area contributed by atoms with E-state index in [0.717, 1.165) is 44.6 Å². The van der Waals surface area contributed by atoms with Gasteiger partial charge < -0.3 is 24.3 Å². The molecule has 0 spiro atoms. The van der Waals surface area contributed by atoms with Crippen molar-refractivity contribution < 1.29 is 23.7 Å². The highest BCUT2D eigenvalue weighted by Gasteiger charge is 2.43. The fraction of sp³-hybridized carbons (Fsp3) is 0.632. The number of methoxy groups -OCH3 is 1. The van der Waals surface area contributed by atoms with Gasteiger partial charge in [0.25, 0.3) is 5.91 Å².